The van der Waals surface area contributed by atoms with Gasteiger partial charge in [-0.05, 0) is 32.4 Å². The SMILES string of the molecule is CC(C)(C)OC(=O)N1Cc2ccc(N=S(C)(C)=O)nc2C1. The molecule has 1 aliphatic rings. The molecule has 21 heavy (non-hydrogen) atoms. The molecule has 0 aliphatic carbocycles. The van der Waals surface area contributed by atoms with Gasteiger partial charge >= 0.3 is 6.09 Å². The van der Waals surface area contributed by atoms with Crippen LogP contribution in [0, 0.1) is 0 Å². The van der Waals surface area contributed by atoms with Crippen LogP contribution in [0.2, 0.25) is 0 Å². The average Bonchev–Trinajstić information content (AvgIpc) is 2.67. The second kappa shape index (κ2) is 5.29. The number of pyridine rings is 1. The van der Waals surface area contributed by atoms with Crippen LogP contribution in [0.3, 0.4) is 0 Å². The number of aromatic nitrogens is 1. The lowest BCUT2D eigenvalue weighted by Crippen LogP contribution is -2.33. The van der Waals surface area contributed by atoms with Crippen molar-refractivity contribution < 1.29 is 13.7 Å². The van der Waals surface area contributed by atoms with Gasteiger partial charge in [-0.2, -0.15) is 4.36 Å². The van der Waals surface area contributed by atoms with Gasteiger partial charge in [-0.15, -0.1) is 0 Å². The molecule has 7 heteroatoms. The summed E-state index contributed by atoms with van der Waals surface area (Å²) in [6.45, 7) is 6.38. The van der Waals surface area contributed by atoms with Crippen LogP contribution in [-0.2, 0) is 27.6 Å². The minimum Gasteiger partial charge on any atom is -0.444 e. The average molecular weight is 311 g/mol. The first-order valence-electron chi connectivity index (χ1n) is 6.67. The number of carbonyl (C=O) groups is 1. The number of ether oxygens (including phenoxy) is 1. The zero-order chi connectivity index (χ0) is 15.8. The highest BCUT2D eigenvalue weighted by atomic mass is 32.2. The number of hydrogen-bond acceptors (Lipinski definition) is 5. The molecule has 0 atom stereocenters. The molecule has 1 amide bonds. The number of nitrogens with zero attached hydrogens (tertiary/aromatic N) is 3. The molecule has 116 valence electrons. The van der Waals surface area contributed by atoms with Gasteiger partial charge in [0.1, 0.15) is 5.60 Å². The van der Waals surface area contributed by atoms with Gasteiger partial charge in [-0.1, -0.05) is 6.07 Å². The third-order valence-corrected chi connectivity index (χ3v) is 3.35. The fourth-order valence-electron chi connectivity index (χ4n) is 1.97. The van der Waals surface area contributed by atoms with Gasteiger partial charge in [-0.3, -0.25) is 4.90 Å². The predicted molar refractivity (Wildman–Crippen MR) is 81.8 cm³/mol. The summed E-state index contributed by atoms with van der Waals surface area (Å²) in [5.41, 5.74) is 1.24. The Morgan fingerprint density at radius 1 is 1.33 bits per heavy atom. The first-order chi connectivity index (χ1) is 9.53. The standard InChI is InChI=1S/C14H21N3O3S/c1-14(2,3)20-13(18)17-8-10-6-7-12(15-11(10)9-17)16-21(4,5)19/h6-7H,8-9H2,1-5H3. The van der Waals surface area contributed by atoms with E-state index >= 15 is 0 Å². The molecule has 0 radical (unpaired) electrons. The third kappa shape index (κ3) is 4.42. The topological polar surface area (TPSA) is 71.9 Å². The smallest absolute Gasteiger partial charge is 0.410 e. The van der Waals surface area contributed by atoms with E-state index in [1.165, 1.54) is 0 Å². The van der Waals surface area contributed by atoms with E-state index in [1.807, 2.05) is 26.8 Å². The van der Waals surface area contributed by atoms with Crippen LogP contribution in [0.1, 0.15) is 32.0 Å². The molecule has 0 spiro atoms. The molecule has 6 nitrogen and oxygen atoms in total. The largest absolute Gasteiger partial charge is 0.444 e. The van der Waals surface area contributed by atoms with Gasteiger partial charge in [0.15, 0.2) is 5.82 Å². The summed E-state index contributed by atoms with van der Waals surface area (Å²) < 4.78 is 21.1. The molecule has 0 unspecified atom stereocenters. The highest BCUT2D eigenvalue weighted by molar-refractivity contribution is 7.92. The van der Waals surface area contributed by atoms with Crippen molar-refractivity contribution in [2.45, 2.75) is 39.5 Å². The van der Waals surface area contributed by atoms with E-state index in [4.69, 9.17) is 4.74 Å². The van der Waals surface area contributed by atoms with Crippen LogP contribution in [-0.4, -0.2) is 38.3 Å². The molecule has 1 aliphatic heterocycles. The van der Waals surface area contributed by atoms with Gasteiger partial charge in [0.2, 0.25) is 0 Å². The van der Waals surface area contributed by atoms with E-state index in [2.05, 4.69) is 9.35 Å². The molecular weight excluding hydrogens is 290 g/mol. The number of amides is 1. The van der Waals surface area contributed by atoms with Gasteiger partial charge in [0.05, 0.1) is 18.8 Å². The lowest BCUT2D eigenvalue weighted by atomic mass is 10.2. The summed E-state index contributed by atoms with van der Waals surface area (Å²) in [6, 6.07) is 3.60. The van der Waals surface area contributed by atoms with Crippen LogP contribution in [0.25, 0.3) is 0 Å². The third-order valence-electron chi connectivity index (χ3n) is 2.72. The Bertz CT molecular complexity index is 677. The van der Waals surface area contributed by atoms with E-state index in [0.29, 0.717) is 18.9 Å². The Morgan fingerprint density at radius 3 is 2.57 bits per heavy atom. The zero-order valence-electron chi connectivity index (χ0n) is 13.0. The summed E-state index contributed by atoms with van der Waals surface area (Å²) >= 11 is 0. The quantitative estimate of drug-likeness (QED) is 0.799. The fraction of sp³-hybridized carbons (Fsp3) is 0.571. The Kier molecular flexibility index (Phi) is 3.97. The van der Waals surface area contributed by atoms with Gasteiger partial charge < -0.3 is 4.74 Å². The normalized spacial score (nSPS) is 14.8. The van der Waals surface area contributed by atoms with Crippen LogP contribution >= 0.6 is 0 Å². The van der Waals surface area contributed by atoms with Crippen LogP contribution in [0.15, 0.2) is 16.5 Å². The van der Waals surface area contributed by atoms with Crippen molar-refractivity contribution in [1.82, 2.24) is 9.88 Å². The predicted octanol–water partition coefficient (Wildman–Crippen LogP) is 2.69. The van der Waals surface area contributed by atoms with Crippen molar-refractivity contribution in [3.05, 3.63) is 23.4 Å². The minimum atomic E-state index is -2.24. The Balaban J connectivity index is 2.17. The Labute approximate surface area is 125 Å². The molecule has 0 bridgehead atoms. The van der Waals surface area contributed by atoms with Crippen molar-refractivity contribution in [1.29, 1.82) is 0 Å². The van der Waals surface area contributed by atoms with Gasteiger partial charge in [0.25, 0.3) is 0 Å². The second-order valence-electron chi connectivity index (χ2n) is 6.38. The maximum Gasteiger partial charge on any atom is 0.410 e. The van der Waals surface area contributed by atoms with Crippen molar-refractivity contribution in [3.63, 3.8) is 0 Å². The highest BCUT2D eigenvalue weighted by Gasteiger charge is 2.28. The van der Waals surface area contributed by atoms with E-state index in [0.717, 1.165) is 11.3 Å². The summed E-state index contributed by atoms with van der Waals surface area (Å²) in [5, 5.41) is 0. The molecular formula is C14H21N3O3S. The van der Waals surface area contributed by atoms with Gasteiger partial charge in [0, 0.05) is 22.2 Å². The molecule has 2 rings (SSSR count). The number of fused-ring (bicyclic) bond motifs is 1. The maximum absolute atomic E-state index is 12.0. The molecule has 0 fully saturated rings. The van der Waals surface area contributed by atoms with Crippen molar-refractivity contribution >= 4 is 21.6 Å². The molecule has 1 aromatic heterocycles. The van der Waals surface area contributed by atoms with Crippen LogP contribution in [0.4, 0.5) is 10.6 Å². The molecule has 0 N–H and O–H groups in total. The second-order valence-corrected chi connectivity index (χ2v) is 8.93. The first kappa shape index (κ1) is 15.8. The monoisotopic (exact) mass is 311 g/mol. The Morgan fingerprint density at radius 2 is 2.00 bits per heavy atom. The Hall–Kier alpha value is -1.63. The van der Waals surface area contributed by atoms with Gasteiger partial charge in [-0.25, -0.2) is 14.0 Å². The van der Waals surface area contributed by atoms with Crippen LogP contribution < -0.4 is 0 Å². The van der Waals surface area contributed by atoms with E-state index < -0.39 is 15.3 Å². The van der Waals surface area contributed by atoms with Crippen molar-refractivity contribution in [2.75, 3.05) is 12.5 Å². The molecule has 2 heterocycles. The summed E-state index contributed by atoms with van der Waals surface area (Å²) in [7, 11) is -2.24. The minimum absolute atomic E-state index is 0.353. The highest BCUT2D eigenvalue weighted by Crippen LogP contribution is 2.25. The summed E-state index contributed by atoms with van der Waals surface area (Å²) in [5.74, 6) is 0.440. The number of rotatable bonds is 1. The maximum atomic E-state index is 12.0. The van der Waals surface area contributed by atoms with Crippen molar-refractivity contribution in [3.8, 4) is 0 Å². The van der Waals surface area contributed by atoms with E-state index in [9.17, 15) is 9.00 Å². The van der Waals surface area contributed by atoms with Crippen LogP contribution in [0.5, 0.6) is 0 Å². The van der Waals surface area contributed by atoms with E-state index in [-0.39, 0.29) is 6.09 Å². The van der Waals surface area contributed by atoms with Crippen molar-refractivity contribution in [2.24, 2.45) is 4.36 Å². The lowest BCUT2D eigenvalue weighted by molar-refractivity contribution is 0.0240. The summed E-state index contributed by atoms with van der Waals surface area (Å²) in [6.07, 6.45) is 2.78. The molecule has 0 saturated carbocycles. The number of hydrogen-bond donors (Lipinski definition) is 0. The van der Waals surface area contributed by atoms with E-state index in [1.54, 1.807) is 23.5 Å². The number of carbonyl (C=O) groups excluding carboxylic acids is 1. The molecule has 1 aromatic rings. The lowest BCUT2D eigenvalue weighted by Gasteiger charge is -2.23. The molecule has 0 saturated heterocycles. The first-order valence-corrected chi connectivity index (χ1v) is 9.00. The summed E-state index contributed by atoms with van der Waals surface area (Å²) in [4.78, 5) is 18.0. The molecule has 0 aromatic carbocycles. The zero-order valence-corrected chi connectivity index (χ0v) is 13.9. The fourth-order valence-corrected chi connectivity index (χ4v) is 2.53.